The second-order valence-electron chi connectivity index (χ2n) is 9.07. The Balaban J connectivity index is 1.31. The Morgan fingerprint density at radius 1 is 1.21 bits per heavy atom. The molecular formula is C23H32N4O2. The van der Waals surface area contributed by atoms with E-state index in [0.29, 0.717) is 17.8 Å². The van der Waals surface area contributed by atoms with Crippen LogP contribution < -0.4 is 5.32 Å². The molecule has 2 aromatic rings. The highest BCUT2D eigenvalue weighted by molar-refractivity contribution is 6.05. The number of benzene rings is 1. The molecule has 29 heavy (non-hydrogen) atoms. The molecular weight excluding hydrogens is 364 g/mol. The topological polar surface area (TPSA) is 59.4 Å². The molecule has 1 aromatic heterocycles. The molecule has 0 radical (unpaired) electrons. The van der Waals surface area contributed by atoms with Crippen molar-refractivity contribution in [3.8, 4) is 0 Å². The zero-order valence-electron chi connectivity index (χ0n) is 17.3. The Morgan fingerprint density at radius 2 is 1.97 bits per heavy atom. The third kappa shape index (κ3) is 3.92. The maximum atomic E-state index is 13.2. The fraction of sp³-hybridized carbons (Fsp3) is 0.652. The van der Waals surface area contributed by atoms with Crippen molar-refractivity contribution in [2.75, 3.05) is 19.8 Å². The van der Waals surface area contributed by atoms with E-state index >= 15 is 0 Å². The summed E-state index contributed by atoms with van der Waals surface area (Å²) in [6, 6.07) is 9.17. The third-order valence-corrected chi connectivity index (χ3v) is 6.78. The van der Waals surface area contributed by atoms with E-state index in [2.05, 4.69) is 23.2 Å². The molecule has 3 fully saturated rings. The van der Waals surface area contributed by atoms with Crippen molar-refractivity contribution in [3.05, 3.63) is 30.0 Å². The summed E-state index contributed by atoms with van der Waals surface area (Å²) in [6.07, 6.45) is 6.93. The number of nitrogens with zero attached hydrogens (tertiary/aromatic N) is 3. The number of hydrogen-bond acceptors (Lipinski definition) is 4. The first kappa shape index (κ1) is 19.1. The number of morpholine rings is 1. The Kier molecular flexibility index (Phi) is 5.31. The number of unbranched alkanes of at least 4 members (excludes halogenated alkanes) is 1. The average Bonchev–Trinajstić information content (AvgIpc) is 3.46. The van der Waals surface area contributed by atoms with Crippen LogP contribution in [0.1, 0.15) is 55.9 Å². The van der Waals surface area contributed by atoms with Crippen LogP contribution in [-0.2, 0) is 11.3 Å². The molecule has 2 saturated heterocycles. The quantitative estimate of drug-likeness (QED) is 0.781. The number of carbonyl (C=O) groups excluding carboxylic acids is 1. The van der Waals surface area contributed by atoms with Gasteiger partial charge in [0.15, 0.2) is 5.69 Å². The SMILES string of the molecule is CCCCN1[C@@H]2COC[C@H]1C[C@@H](NC(=O)c1nn(CC3CC3)c3ccccc13)C2. The summed E-state index contributed by atoms with van der Waals surface area (Å²) in [6.45, 7) is 5.88. The smallest absolute Gasteiger partial charge is 0.272 e. The van der Waals surface area contributed by atoms with Crippen LogP contribution in [0.25, 0.3) is 10.9 Å². The number of amides is 1. The van der Waals surface area contributed by atoms with Gasteiger partial charge in [-0.1, -0.05) is 31.5 Å². The number of nitrogens with one attached hydrogen (secondary N) is 1. The molecule has 2 bridgehead atoms. The van der Waals surface area contributed by atoms with Gasteiger partial charge in [-0.25, -0.2) is 0 Å². The molecule has 3 atom stereocenters. The lowest BCUT2D eigenvalue weighted by atomic mass is 9.89. The van der Waals surface area contributed by atoms with Gasteiger partial charge in [0.1, 0.15) is 0 Å². The zero-order chi connectivity index (χ0) is 19.8. The Morgan fingerprint density at radius 3 is 2.69 bits per heavy atom. The van der Waals surface area contributed by atoms with Crippen molar-refractivity contribution in [1.29, 1.82) is 0 Å². The summed E-state index contributed by atoms with van der Waals surface area (Å²) >= 11 is 0. The lowest BCUT2D eigenvalue weighted by Crippen LogP contribution is -2.60. The first-order valence-electron chi connectivity index (χ1n) is 11.3. The molecule has 156 valence electrons. The fourth-order valence-electron chi connectivity index (χ4n) is 5.05. The maximum absolute atomic E-state index is 13.2. The van der Waals surface area contributed by atoms with Crippen molar-refractivity contribution in [2.45, 2.75) is 70.1 Å². The standard InChI is InChI=1S/C23H32N4O2/c1-2-3-10-26-18-11-17(12-19(26)15-29-14-18)24-23(28)22-20-6-4-5-7-21(20)27(25-22)13-16-8-9-16/h4-7,16-19H,2-3,8-15H2,1H3,(H,24,28)/t17-,18-,19+. The van der Waals surface area contributed by atoms with Crippen LogP contribution in [0, 0.1) is 5.92 Å². The lowest BCUT2D eigenvalue weighted by molar-refractivity contribution is -0.0802. The third-order valence-electron chi connectivity index (χ3n) is 6.78. The van der Waals surface area contributed by atoms with Gasteiger partial charge >= 0.3 is 0 Å². The molecule has 6 nitrogen and oxygen atoms in total. The molecule has 1 aliphatic carbocycles. The number of piperidine rings is 1. The highest BCUT2D eigenvalue weighted by Crippen LogP contribution is 2.32. The number of fused-ring (bicyclic) bond motifs is 3. The Bertz CT molecular complexity index is 861. The molecule has 3 aliphatic rings. The molecule has 1 aromatic carbocycles. The van der Waals surface area contributed by atoms with E-state index in [1.165, 1.54) is 25.7 Å². The van der Waals surface area contributed by atoms with Gasteiger partial charge < -0.3 is 10.1 Å². The van der Waals surface area contributed by atoms with Crippen molar-refractivity contribution in [1.82, 2.24) is 20.0 Å². The van der Waals surface area contributed by atoms with Crippen molar-refractivity contribution in [3.63, 3.8) is 0 Å². The molecule has 2 aliphatic heterocycles. The van der Waals surface area contributed by atoms with Crippen LogP contribution in [0.4, 0.5) is 0 Å². The van der Waals surface area contributed by atoms with Crippen molar-refractivity contribution >= 4 is 16.8 Å². The van der Waals surface area contributed by atoms with Gasteiger partial charge in [0, 0.05) is 30.1 Å². The van der Waals surface area contributed by atoms with Gasteiger partial charge in [-0.15, -0.1) is 0 Å². The van der Waals surface area contributed by atoms with E-state index in [0.717, 1.165) is 56.0 Å². The molecule has 5 rings (SSSR count). The van der Waals surface area contributed by atoms with E-state index in [1.54, 1.807) is 0 Å². The van der Waals surface area contributed by atoms with E-state index in [1.807, 2.05) is 22.9 Å². The fourth-order valence-corrected chi connectivity index (χ4v) is 5.05. The second-order valence-corrected chi connectivity index (χ2v) is 9.07. The molecule has 1 saturated carbocycles. The first-order valence-corrected chi connectivity index (χ1v) is 11.3. The van der Waals surface area contributed by atoms with Crippen LogP contribution in [-0.4, -0.2) is 58.5 Å². The van der Waals surface area contributed by atoms with Gasteiger partial charge in [-0.2, -0.15) is 5.10 Å². The van der Waals surface area contributed by atoms with Gasteiger partial charge in [-0.3, -0.25) is 14.4 Å². The van der Waals surface area contributed by atoms with E-state index < -0.39 is 0 Å². The average molecular weight is 397 g/mol. The summed E-state index contributed by atoms with van der Waals surface area (Å²) in [4.78, 5) is 15.8. The summed E-state index contributed by atoms with van der Waals surface area (Å²) in [5, 5.41) is 9.02. The van der Waals surface area contributed by atoms with Crippen LogP contribution in [0.3, 0.4) is 0 Å². The van der Waals surface area contributed by atoms with Gasteiger partial charge in [0.25, 0.3) is 5.91 Å². The van der Waals surface area contributed by atoms with Gasteiger partial charge in [0.05, 0.1) is 18.7 Å². The molecule has 0 spiro atoms. The van der Waals surface area contributed by atoms with E-state index in [9.17, 15) is 4.79 Å². The monoisotopic (exact) mass is 396 g/mol. The van der Waals surface area contributed by atoms with Crippen molar-refractivity contribution < 1.29 is 9.53 Å². The van der Waals surface area contributed by atoms with Gasteiger partial charge in [-0.05, 0) is 50.6 Å². The number of carbonyl (C=O) groups is 1. The van der Waals surface area contributed by atoms with E-state index in [-0.39, 0.29) is 11.9 Å². The number of aromatic nitrogens is 2. The second kappa shape index (κ2) is 8.07. The van der Waals surface area contributed by atoms with E-state index in [4.69, 9.17) is 9.84 Å². The predicted molar refractivity (Wildman–Crippen MR) is 113 cm³/mol. The van der Waals surface area contributed by atoms with Crippen LogP contribution in [0.5, 0.6) is 0 Å². The highest BCUT2D eigenvalue weighted by atomic mass is 16.5. The maximum Gasteiger partial charge on any atom is 0.272 e. The lowest BCUT2D eigenvalue weighted by Gasteiger charge is -2.48. The minimum absolute atomic E-state index is 0.0262. The molecule has 1 amide bonds. The Hall–Kier alpha value is -1.92. The molecule has 0 unspecified atom stereocenters. The molecule has 3 heterocycles. The summed E-state index contributed by atoms with van der Waals surface area (Å²) in [5.74, 6) is 0.697. The van der Waals surface area contributed by atoms with Crippen molar-refractivity contribution in [2.24, 2.45) is 5.92 Å². The Labute approximate surface area is 172 Å². The van der Waals surface area contributed by atoms with Crippen LogP contribution >= 0.6 is 0 Å². The summed E-state index contributed by atoms with van der Waals surface area (Å²) < 4.78 is 7.86. The summed E-state index contributed by atoms with van der Waals surface area (Å²) in [7, 11) is 0. The number of ether oxygens (including phenoxy) is 1. The van der Waals surface area contributed by atoms with Gasteiger partial charge in [0.2, 0.25) is 0 Å². The predicted octanol–water partition coefficient (Wildman–Crippen LogP) is 3.21. The van der Waals surface area contributed by atoms with Crippen LogP contribution in [0.2, 0.25) is 0 Å². The number of rotatable bonds is 7. The first-order chi connectivity index (χ1) is 14.2. The minimum atomic E-state index is -0.0262. The largest absolute Gasteiger partial charge is 0.378 e. The zero-order valence-corrected chi connectivity index (χ0v) is 17.3. The number of hydrogen-bond donors (Lipinski definition) is 1. The summed E-state index contributed by atoms with van der Waals surface area (Å²) in [5.41, 5.74) is 1.65. The van der Waals surface area contributed by atoms with Crippen LogP contribution in [0.15, 0.2) is 24.3 Å². The highest BCUT2D eigenvalue weighted by Gasteiger charge is 2.39. The molecule has 1 N–H and O–H groups in total. The number of para-hydroxylation sites is 1. The molecule has 6 heteroatoms. The minimum Gasteiger partial charge on any atom is -0.378 e. The normalized spacial score (nSPS) is 27.3.